The number of hydrogen-bond donors (Lipinski definition) is 3. The van der Waals surface area contributed by atoms with Crippen molar-refractivity contribution in [1.29, 1.82) is 0 Å². The van der Waals surface area contributed by atoms with Crippen molar-refractivity contribution in [2.45, 2.75) is 0 Å². The normalized spacial score (nSPS) is 11.0. The van der Waals surface area contributed by atoms with Crippen molar-refractivity contribution in [3.63, 3.8) is 0 Å². The first kappa shape index (κ1) is 19.5. The van der Waals surface area contributed by atoms with Gasteiger partial charge in [0.1, 0.15) is 5.75 Å². The summed E-state index contributed by atoms with van der Waals surface area (Å²) in [6, 6.07) is 11.2. The predicted octanol–water partition coefficient (Wildman–Crippen LogP) is 2.82. The van der Waals surface area contributed by atoms with Crippen molar-refractivity contribution in [1.82, 2.24) is 20.3 Å². The molecule has 2 aromatic heterocycles. The summed E-state index contributed by atoms with van der Waals surface area (Å²) in [5.41, 5.74) is 3.41. The molecule has 0 amide bonds. The maximum atomic E-state index is 11.0. The lowest BCUT2D eigenvalue weighted by Crippen LogP contribution is -2.03. The zero-order valence-corrected chi connectivity index (χ0v) is 15.9. The molecule has 0 bridgehead atoms. The van der Waals surface area contributed by atoms with Gasteiger partial charge in [-0.25, -0.2) is 9.61 Å². The molecule has 3 N–H and O–H groups in total. The SMILES string of the molecule is COc1ccc(Nc2nc3nonc3nc2N/N=C\c2cccc([N+](=O)[O-])c2O)cc1. The zero-order valence-electron chi connectivity index (χ0n) is 15.9. The number of fused-ring (bicyclic) bond motifs is 1. The number of nitro groups is 1. The Balaban J connectivity index is 1.62. The van der Waals surface area contributed by atoms with Gasteiger partial charge in [-0.05, 0) is 40.6 Å². The molecule has 156 valence electrons. The number of hydrazone groups is 1. The number of aromatic hydroxyl groups is 1. The molecule has 0 unspecified atom stereocenters. The molecule has 0 aliphatic rings. The third kappa shape index (κ3) is 4.14. The van der Waals surface area contributed by atoms with E-state index in [1.807, 2.05) is 0 Å². The number of benzene rings is 2. The Bertz CT molecular complexity index is 1270. The highest BCUT2D eigenvalue weighted by molar-refractivity contribution is 5.86. The van der Waals surface area contributed by atoms with Crippen molar-refractivity contribution in [3.05, 3.63) is 58.1 Å². The lowest BCUT2D eigenvalue weighted by atomic mass is 10.2. The van der Waals surface area contributed by atoms with Crippen molar-refractivity contribution in [2.24, 2.45) is 5.10 Å². The monoisotopic (exact) mass is 422 g/mol. The van der Waals surface area contributed by atoms with E-state index in [0.717, 1.165) is 0 Å². The number of anilines is 3. The first-order chi connectivity index (χ1) is 15.0. The quantitative estimate of drug-likeness (QED) is 0.227. The summed E-state index contributed by atoms with van der Waals surface area (Å²) in [5, 5.41) is 35.4. The highest BCUT2D eigenvalue weighted by Gasteiger charge is 2.16. The van der Waals surface area contributed by atoms with E-state index in [4.69, 9.17) is 4.74 Å². The molecule has 4 aromatic rings. The van der Waals surface area contributed by atoms with Crippen LogP contribution in [0.5, 0.6) is 11.5 Å². The van der Waals surface area contributed by atoms with Gasteiger partial charge in [0.25, 0.3) is 0 Å². The minimum absolute atomic E-state index is 0.142. The first-order valence-electron chi connectivity index (χ1n) is 8.72. The van der Waals surface area contributed by atoms with Crippen LogP contribution in [0.3, 0.4) is 0 Å². The summed E-state index contributed by atoms with van der Waals surface area (Å²) in [5.74, 6) is 0.637. The lowest BCUT2D eigenvalue weighted by Gasteiger charge is -2.10. The van der Waals surface area contributed by atoms with Gasteiger partial charge >= 0.3 is 5.69 Å². The van der Waals surface area contributed by atoms with E-state index in [9.17, 15) is 15.2 Å². The molecule has 2 heterocycles. The fourth-order valence-corrected chi connectivity index (χ4v) is 2.58. The van der Waals surface area contributed by atoms with Crippen LogP contribution in [-0.2, 0) is 0 Å². The average Bonchev–Trinajstić information content (AvgIpc) is 3.22. The van der Waals surface area contributed by atoms with Crippen molar-refractivity contribution < 1.29 is 19.4 Å². The van der Waals surface area contributed by atoms with Crippen molar-refractivity contribution in [2.75, 3.05) is 17.9 Å². The summed E-state index contributed by atoms with van der Waals surface area (Å²) in [6.45, 7) is 0. The molecule has 31 heavy (non-hydrogen) atoms. The Hall–Kier alpha value is -4.81. The Labute approximate surface area is 173 Å². The van der Waals surface area contributed by atoms with Crippen LogP contribution in [0.2, 0.25) is 0 Å². The van der Waals surface area contributed by atoms with E-state index in [1.54, 1.807) is 31.4 Å². The van der Waals surface area contributed by atoms with Crippen LogP contribution >= 0.6 is 0 Å². The second kappa shape index (κ2) is 8.28. The van der Waals surface area contributed by atoms with E-state index in [-0.39, 0.29) is 28.5 Å². The zero-order chi connectivity index (χ0) is 21.8. The molecule has 0 spiro atoms. The van der Waals surface area contributed by atoms with Gasteiger partial charge in [-0.15, -0.1) is 0 Å². The topological polar surface area (TPSA) is 174 Å². The molecular weight excluding hydrogens is 408 g/mol. The minimum Gasteiger partial charge on any atom is -0.502 e. The standard InChI is InChI=1S/C18H14N8O5/c1-30-12-7-5-11(6-8-12)20-15-16(22-18-17(21-15)24-31-25-18)23-19-9-10-3-2-4-13(14(10)27)26(28)29/h2-9,27H,1H3,(H,20,21,24)(H,22,23,25)/b19-9-. The van der Waals surface area contributed by atoms with Gasteiger partial charge in [0.05, 0.1) is 18.2 Å². The smallest absolute Gasteiger partial charge is 0.311 e. The van der Waals surface area contributed by atoms with Gasteiger partial charge in [-0.2, -0.15) is 10.1 Å². The number of ether oxygens (including phenoxy) is 1. The molecule has 0 radical (unpaired) electrons. The summed E-state index contributed by atoms with van der Waals surface area (Å²) in [6.07, 6.45) is 1.21. The molecule has 0 fully saturated rings. The summed E-state index contributed by atoms with van der Waals surface area (Å²) >= 11 is 0. The van der Waals surface area contributed by atoms with Crippen LogP contribution in [0, 0.1) is 10.1 Å². The lowest BCUT2D eigenvalue weighted by molar-refractivity contribution is -0.385. The Morgan fingerprint density at radius 2 is 1.84 bits per heavy atom. The average molecular weight is 422 g/mol. The largest absolute Gasteiger partial charge is 0.502 e. The van der Waals surface area contributed by atoms with E-state index in [1.165, 1.54) is 24.4 Å². The number of para-hydroxylation sites is 1. The maximum absolute atomic E-state index is 11.0. The molecule has 0 aliphatic carbocycles. The number of hydrogen-bond acceptors (Lipinski definition) is 12. The molecule has 13 heteroatoms. The number of rotatable bonds is 7. The number of nitrogens with one attached hydrogen (secondary N) is 2. The Morgan fingerprint density at radius 3 is 2.52 bits per heavy atom. The van der Waals surface area contributed by atoms with Gasteiger partial charge in [0.15, 0.2) is 11.6 Å². The van der Waals surface area contributed by atoms with E-state index >= 15 is 0 Å². The third-order valence-electron chi connectivity index (χ3n) is 4.08. The fourth-order valence-electron chi connectivity index (χ4n) is 2.58. The maximum Gasteiger partial charge on any atom is 0.311 e. The van der Waals surface area contributed by atoms with E-state index in [0.29, 0.717) is 11.4 Å². The molecule has 0 saturated carbocycles. The van der Waals surface area contributed by atoms with Gasteiger partial charge in [-0.3, -0.25) is 15.5 Å². The highest BCUT2D eigenvalue weighted by atomic mass is 16.6. The molecular formula is C18H14N8O5. The summed E-state index contributed by atoms with van der Waals surface area (Å²) in [7, 11) is 1.57. The van der Waals surface area contributed by atoms with Crippen LogP contribution in [0.15, 0.2) is 52.2 Å². The summed E-state index contributed by atoms with van der Waals surface area (Å²) < 4.78 is 9.79. The predicted molar refractivity (Wildman–Crippen MR) is 110 cm³/mol. The number of nitro benzene ring substituents is 1. The molecule has 13 nitrogen and oxygen atoms in total. The van der Waals surface area contributed by atoms with Gasteiger partial charge in [-0.1, -0.05) is 6.07 Å². The van der Waals surface area contributed by atoms with Crippen LogP contribution in [0.25, 0.3) is 11.3 Å². The van der Waals surface area contributed by atoms with Gasteiger partial charge < -0.3 is 15.2 Å². The molecule has 0 aliphatic heterocycles. The molecule has 4 rings (SSSR count). The van der Waals surface area contributed by atoms with Crippen LogP contribution in [0.1, 0.15) is 5.56 Å². The number of methoxy groups -OCH3 is 1. The van der Waals surface area contributed by atoms with Crippen molar-refractivity contribution in [3.8, 4) is 11.5 Å². The fraction of sp³-hybridized carbons (Fsp3) is 0.0556. The number of aromatic nitrogens is 4. The van der Waals surface area contributed by atoms with Crippen LogP contribution in [-0.4, -0.2) is 43.6 Å². The van der Waals surface area contributed by atoms with Gasteiger partial charge in [0, 0.05) is 17.3 Å². The number of phenolic OH excluding ortho intramolecular Hbond substituents is 1. The number of phenols is 1. The van der Waals surface area contributed by atoms with E-state index < -0.39 is 16.4 Å². The molecule has 0 atom stereocenters. The molecule has 2 aromatic carbocycles. The second-order valence-electron chi connectivity index (χ2n) is 6.03. The summed E-state index contributed by atoms with van der Waals surface area (Å²) in [4.78, 5) is 18.8. The van der Waals surface area contributed by atoms with Crippen LogP contribution in [0.4, 0.5) is 23.0 Å². The third-order valence-corrected chi connectivity index (χ3v) is 4.08. The second-order valence-corrected chi connectivity index (χ2v) is 6.03. The highest BCUT2D eigenvalue weighted by Crippen LogP contribution is 2.28. The van der Waals surface area contributed by atoms with Crippen molar-refractivity contribution >= 4 is 40.5 Å². The number of nitrogens with zero attached hydrogens (tertiary/aromatic N) is 6. The minimum atomic E-state index is -0.687. The van der Waals surface area contributed by atoms with Gasteiger partial charge in [0.2, 0.25) is 17.0 Å². The Kier molecular flexibility index (Phi) is 5.21. The van der Waals surface area contributed by atoms with E-state index in [2.05, 4.69) is 40.8 Å². The van der Waals surface area contributed by atoms with Crippen LogP contribution < -0.4 is 15.5 Å². The molecule has 0 saturated heterocycles. The Morgan fingerprint density at radius 1 is 1.13 bits per heavy atom. The first-order valence-corrected chi connectivity index (χ1v) is 8.72.